The van der Waals surface area contributed by atoms with E-state index in [1.165, 1.54) is 24.3 Å². The maximum Gasteiger partial charge on any atom is 0.405 e. The molecule has 0 aromatic heterocycles. The van der Waals surface area contributed by atoms with E-state index in [1.807, 2.05) is 0 Å². The average Bonchev–Trinajstić information content (AvgIpc) is 3.16. The van der Waals surface area contributed by atoms with Gasteiger partial charge in [-0.1, -0.05) is 12.1 Å². The molecule has 2 aromatic rings. The van der Waals surface area contributed by atoms with Crippen molar-refractivity contribution < 1.29 is 32.3 Å². The quantitative estimate of drug-likeness (QED) is 0.700. The van der Waals surface area contributed by atoms with Crippen LogP contribution < -0.4 is 20.3 Å². The van der Waals surface area contributed by atoms with E-state index >= 15 is 0 Å². The van der Waals surface area contributed by atoms with Crippen LogP contribution in [0.15, 0.2) is 48.5 Å². The number of alkyl halides is 3. The Morgan fingerprint density at radius 1 is 1.10 bits per heavy atom. The summed E-state index contributed by atoms with van der Waals surface area (Å²) in [6, 6.07) is 12.4. The summed E-state index contributed by atoms with van der Waals surface area (Å²) in [4.78, 5) is 37.5. The van der Waals surface area contributed by atoms with Crippen molar-refractivity contribution in [2.75, 3.05) is 29.9 Å². The molecular weight excluding hydrogens is 415 g/mol. The third kappa shape index (κ3) is 6.46. The summed E-state index contributed by atoms with van der Waals surface area (Å²) >= 11 is 0. The van der Waals surface area contributed by atoms with Gasteiger partial charge < -0.3 is 20.3 Å². The molecule has 1 aliphatic rings. The van der Waals surface area contributed by atoms with Crippen LogP contribution in [0.2, 0.25) is 0 Å². The highest BCUT2D eigenvalue weighted by atomic mass is 19.4. The third-order valence-electron chi connectivity index (χ3n) is 4.43. The summed E-state index contributed by atoms with van der Waals surface area (Å²) in [6.07, 6.45) is -3.22. The molecule has 31 heavy (non-hydrogen) atoms. The summed E-state index contributed by atoms with van der Waals surface area (Å²) in [5, 5.41) is 4.29. The lowest BCUT2D eigenvalue weighted by atomic mass is 10.2. The maximum atomic E-state index is 12.2. The Balaban J connectivity index is 1.54. The molecule has 2 N–H and O–H groups in total. The monoisotopic (exact) mass is 435 g/mol. The summed E-state index contributed by atoms with van der Waals surface area (Å²) in [6.45, 7) is -1.14. The SMILES string of the molecule is O=C(COc1cccc(N2CCCC2=O)c1)Nc1cccc(C(=O)NCC(F)(F)F)c1. The first-order valence-corrected chi connectivity index (χ1v) is 9.49. The number of hydrogen-bond acceptors (Lipinski definition) is 4. The molecule has 0 spiro atoms. The second kappa shape index (κ2) is 9.50. The van der Waals surface area contributed by atoms with Gasteiger partial charge in [0.25, 0.3) is 11.8 Å². The van der Waals surface area contributed by atoms with Crippen LogP contribution in [-0.2, 0) is 9.59 Å². The van der Waals surface area contributed by atoms with Crippen molar-refractivity contribution in [1.82, 2.24) is 5.32 Å². The maximum absolute atomic E-state index is 12.2. The molecule has 1 aliphatic heterocycles. The van der Waals surface area contributed by atoms with Crippen molar-refractivity contribution in [3.8, 4) is 5.75 Å². The highest BCUT2D eigenvalue weighted by Crippen LogP contribution is 2.25. The van der Waals surface area contributed by atoms with E-state index in [0.717, 1.165) is 6.42 Å². The van der Waals surface area contributed by atoms with E-state index in [2.05, 4.69) is 5.32 Å². The van der Waals surface area contributed by atoms with Crippen molar-refractivity contribution in [2.45, 2.75) is 19.0 Å². The van der Waals surface area contributed by atoms with E-state index in [0.29, 0.717) is 24.4 Å². The van der Waals surface area contributed by atoms with Gasteiger partial charge in [0.2, 0.25) is 5.91 Å². The highest BCUT2D eigenvalue weighted by Gasteiger charge is 2.28. The second-order valence-corrected chi connectivity index (χ2v) is 6.86. The van der Waals surface area contributed by atoms with E-state index in [4.69, 9.17) is 4.74 Å². The van der Waals surface area contributed by atoms with E-state index in [1.54, 1.807) is 34.5 Å². The van der Waals surface area contributed by atoms with Gasteiger partial charge in [0.05, 0.1) is 0 Å². The molecule has 0 unspecified atom stereocenters. The van der Waals surface area contributed by atoms with Crippen LogP contribution in [0.4, 0.5) is 24.5 Å². The highest BCUT2D eigenvalue weighted by molar-refractivity contribution is 5.97. The van der Waals surface area contributed by atoms with Gasteiger partial charge in [-0.15, -0.1) is 0 Å². The average molecular weight is 435 g/mol. The number of amides is 3. The first kappa shape index (κ1) is 22.1. The fourth-order valence-corrected chi connectivity index (χ4v) is 3.03. The van der Waals surface area contributed by atoms with Gasteiger partial charge in [-0.2, -0.15) is 13.2 Å². The standard InChI is InChI=1S/C21H20F3N3O4/c22-21(23,24)13-25-20(30)14-4-1-5-15(10-14)26-18(28)12-31-17-7-2-6-16(11-17)27-9-3-8-19(27)29/h1-2,4-7,10-11H,3,8-9,12-13H2,(H,25,30)(H,26,28). The number of halogens is 3. The Bertz CT molecular complexity index is 978. The second-order valence-electron chi connectivity index (χ2n) is 6.86. The molecule has 0 atom stereocenters. The van der Waals surface area contributed by atoms with Gasteiger partial charge in [0, 0.05) is 36.0 Å². The van der Waals surface area contributed by atoms with Crippen LogP contribution in [0.3, 0.4) is 0 Å². The number of benzene rings is 2. The largest absolute Gasteiger partial charge is 0.484 e. The van der Waals surface area contributed by atoms with E-state index in [9.17, 15) is 27.6 Å². The van der Waals surface area contributed by atoms with Gasteiger partial charge >= 0.3 is 6.18 Å². The topological polar surface area (TPSA) is 87.7 Å². The fraction of sp³-hybridized carbons (Fsp3) is 0.286. The Morgan fingerprint density at radius 2 is 1.87 bits per heavy atom. The van der Waals surface area contributed by atoms with Crippen molar-refractivity contribution >= 4 is 29.1 Å². The number of nitrogens with one attached hydrogen (secondary N) is 2. The van der Waals surface area contributed by atoms with Crippen LogP contribution >= 0.6 is 0 Å². The van der Waals surface area contributed by atoms with Crippen LogP contribution in [0.5, 0.6) is 5.75 Å². The van der Waals surface area contributed by atoms with Crippen molar-refractivity contribution in [3.05, 3.63) is 54.1 Å². The van der Waals surface area contributed by atoms with Gasteiger partial charge in [0.15, 0.2) is 6.61 Å². The lowest BCUT2D eigenvalue weighted by Crippen LogP contribution is -2.33. The minimum absolute atomic E-state index is 0.0223. The first-order chi connectivity index (χ1) is 14.7. The first-order valence-electron chi connectivity index (χ1n) is 9.49. The predicted molar refractivity (Wildman–Crippen MR) is 107 cm³/mol. The number of nitrogens with zero attached hydrogens (tertiary/aromatic N) is 1. The number of carbonyl (C=O) groups excluding carboxylic acids is 3. The number of rotatable bonds is 7. The Morgan fingerprint density at radius 3 is 2.58 bits per heavy atom. The van der Waals surface area contributed by atoms with Gasteiger partial charge in [0.1, 0.15) is 12.3 Å². The van der Waals surface area contributed by atoms with Crippen LogP contribution in [-0.4, -0.2) is 43.6 Å². The minimum Gasteiger partial charge on any atom is -0.484 e. The Labute approximate surface area is 176 Å². The molecule has 1 fully saturated rings. The summed E-state index contributed by atoms with van der Waals surface area (Å²) in [5.74, 6) is -0.977. The zero-order valence-electron chi connectivity index (χ0n) is 16.4. The zero-order valence-corrected chi connectivity index (χ0v) is 16.4. The predicted octanol–water partition coefficient (Wildman–Crippen LogP) is 3.12. The molecule has 0 saturated carbocycles. The van der Waals surface area contributed by atoms with Crippen LogP contribution in [0, 0.1) is 0 Å². The molecule has 7 nitrogen and oxygen atoms in total. The fourth-order valence-electron chi connectivity index (χ4n) is 3.03. The summed E-state index contributed by atoms with van der Waals surface area (Å²) in [7, 11) is 0. The van der Waals surface area contributed by atoms with Crippen molar-refractivity contribution in [1.29, 1.82) is 0 Å². The summed E-state index contributed by atoms with van der Waals surface area (Å²) < 4.78 is 42.2. The molecular formula is C21H20F3N3O4. The van der Waals surface area contributed by atoms with Crippen LogP contribution in [0.25, 0.3) is 0 Å². The van der Waals surface area contributed by atoms with Gasteiger partial charge in [-0.25, -0.2) is 0 Å². The smallest absolute Gasteiger partial charge is 0.405 e. The van der Waals surface area contributed by atoms with Crippen LogP contribution in [0.1, 0.15) is 23.2 Å². The van der Waals surface area contributed by atoms with Crippen molar-refractivity contribution in [3.63, 3.8) is 0 Å². The molecule has 3 rings (SSSR count). The molecule has 10 heteroatoms. The third-order valence-corrected chi connectivity index (χ3v) is 4.43. The molecule has 2 aromatic carbocycles. The number of carbonyl (C=O) groups is 3. The normalized spacial score (nSPS) is 13.8. The molecule has 1 saturated heterocycles. The molecule has 1 heterocycles. The molecule has 164 valence electrons. The molecule has 3 amide bonds. The molecule has 0 bridgehead atoms. The minimum atomic E-state index is -4.52. The number of hydrogen-bond donors (Lipinski definition) is 2. The Hall–Kier alpha value is -3.56. The Kier molecular flexibility index (Phi) is 6.78. The lowest BCUT2D eigenvalue weighted by Gasteiger charge is -2.16. The van der Waals surface area contributed by atoms with E-state index in [-0.39, 0.29) is 23.8 Å². The lowest BCUT2D eigenvalue weighted by molar-refractivity contribution is -0.123. The van der Waals surface area contributed by atoms with Gasteiger partial charge in [-0.3, -0.25) is 14.4 Å². The van der Waals surface area contributed by atoms with Gasteiger partial charge in [-0.05, 0) is 36.8 Å². The summed E-state index contributed by atoms with van der Waals surface area (Å²) in [5.41, 5.74) is 0.911. The number of anilines is 2. The zero-order chi connectivity index (χ0) is 22.4. The van der Waals surface area contributed by atoms with E-state index < -0.39 is 24.5 Å². The number of ether oxygens (including phenoxy) is 1. The van der Waals surface area contributed by atoms with Crippen molar-refractivity contribution in [2.24, 2.45) is 0 Å². The molecule has 0 aliphatic carbocycles. The molecule has 0 radical (unpaired) electrons.